The summed E-state index contributed by atoms with van der Waals surface area (Å²) in [6, 6.07) is 4.37. The van der Waals surface area contributed by atoms with Crippen molar-refractivity contribution in [2.75, 3.05) is 6.54 Å². The van der Waals surface area contributed by atoms with Crippen LogP contribution in [0.25, 0.3) is 11.4 Å². The number of aromatic nitrogens is 2. The highest BCUT2D eigenvalue weighted by Crippen LogP contribution is 2.23. The predicted octanol–water partition coefficient (Wildman–Crippen LogP) is 3.59. The molecule has 0 aliphatic heterocycles. The van der Waals surface area contributed by atoms with E-state index in [4.69, 9.17) is 21.9 Å². The molecule has 20 heavy (non-hydrogen) atoms. The molecule has 0 unspecified atom stereocenters. The van der Waals surface area contributed by atoms with Crippen molar-refractivity contribution in [2.45, 2.75) is 32.1 Å². The zero-order valence-electron chi connectivity index (χ0n) is 11.1. The van der Waals surface area contributed by atoms with Crippen LogP contribution in [0.3, 0.4) is 0 Å². The van der Waals surface area contributed by atoms with E-state index in [0.29, 0.717) is 17.3 Å². The third-order valence-electron chi connectivity index (χ3n) is 2.99. The lowest BCUT2D eigenvalue weighted by Crippen LogP contribution is -1.97. The van der Waals surface area contributed by atoms with Crippen LogP contribution in [0.1, 0.15) is 31.6 Å². The largest absolute Gasteiger partial charge is 0.339 e. The molecule has 0 atom stereocenters. The summed E-state index contributed by atoms with van der Waals surface area (Å²) in [7, 11) is 0. The van der Waals surface area contributed by atoms with Gasteiger partial charge in [-0.15, -0.1) is 0 Å². The molecule has 0 bridgehead atoms. The van der Waals surface area contributed by atoms with Crippen LogP contribution in [0.2, 0.25) is 5.02 Å². The van der Waals surface area contributed by atoms with E-state index in [2.05, 4.69) is 10.1 Å². The zero-order valence-corrected chi connectivity index (χ0v) is 11.9. The maximum absolute atomic E-state index is 13.1. The standard InChI is InChI=1S/C14H17ClFN3O/c15-11-9-10(6-7-12(11)16)14-18-13(20-19-14)5-3-1-2-4-8-17/h6-7,9H,1-5,8,17H2. The Kier molecular flexibility index (Phi) is 5.49. The molecule has 6 heteroatoms. The van der Waals surface area contributed by atoms with Gasteiger partial charge in [0.2, 0.25) is 11.7 Å². The smallest absolute Gasteiger partial charge is 0.226 e. The second-order valence-electron chi connectivity index (χ2n) is 4.59. The number of hydrogen-bond acceptors (Lipinski definition) is 4. The Bertz CT molecular complexity index is 559. The molecule has 2 rings (SSSR count). The van der Waals surface area contributed by atoms with Crippen molar-refractivity contribution in [3.63, 3.8) is 0 Å². The number of aryl methyl sites for hydroxylation is 1. The Morgan fingerprint density at radius 1 is 1.20 bits per heavy atom. The van der Waals surface area contributed by atoms with Crippen LogP contribution in [0.15, 0.2) is 22.7 Å². The van der Waals surface area contributed by atoms with E-state index in [1.54, 1.807) is 6.07 Å². The van der Waals surface area contributed by atoms with Crippen LogP contribution in [-0.2, 0) is 6.42 Å². The van der Waals surface area contributed by atoms with Crippen LogP contribution in [0.5, 0.6) is 0 Å². The summed E-state index contributed by atoms with van der Waals surface area (Å²) in [5.41, 5.74) is 6.08. The Morgan fingerprint density at radius 3 is 2.75 bits per heavy atom. The van der Waals surface area contributed by atoms with Gasteiger partial charge in [-0.25, -0.2) is 4.39 Å². The zero-order chi connectivity index (χ0) is 14.4. The van der Waals surface area contributed by atoms with Gasteiger partial charge >= 0.3 is 0 Å². The molecule has 0 saturated heterocycles. The molecule has 0 amide bonds. The highest BCUT2D eigenvalue weighted by atomic mass is 35.5. The second kappa shape index (κ2) is 7.36. The summed E-state index contributed by atoms with van der Waals surface area (Å²) in [4.78, 5) is 4.29. The first-order valence-electron chi connectivity index (χ1n) is 6.69. The SMILES string of the molecule is NCCCCCCc1nc(-c2ccc(F)c(Cl)c2)no1. The number of halogens is 2. The number of hydrogen-bond donors (Lipinski definition) is 1. The van der Waals surface area contributed by atoms with Crippen LogP contribution < -0.4 is 5.73 Å². The van der Waals surface area contributed by atoms with E-state index < -0.39 is 5.82 Å². The summed E-state index contributed by atoms with van der Waals surface area (Å²) < 4.78 is 18.3. The molecule has 0 aliphatic carbocycles. The molecule has 0 radical (unpaired) electrons. The van der Waals surface area contributed by atoms with Gasteiger partial charge in [-0.3, -0.25) is 0 Å². The van der Waals surface area contributed by atoms with Gasteiger partial charge in [0, 0.05) is 12.0 Å². The van der Waals surface area contributed by atoms with E-state index in [0.717, 1.165) is 38.6 Å². The molecule has 4 nitrogen and oxygen atoms in total. The van der Waals surface area contributed by atoms with Gasteiger partial charge < -0.3 is 10.3 Å². The molecular formula is C14H17ClFN3O. The second-order valence-corrected chi connectivity index (χ2v) is 5.00. The number of unbranched alkanes of at least 4 members (excludes halogenated alkanes) is 3. The minimum atomic E-state index is -0.459. The lowest BCUT2D eigenvalue weighted by molar-refractivity contribution is 0.374. The van der Waals surface area contributed by atoms with Crippen LogP contribution in [0, 0.1) is 5.82 Å². The van der Waals surface area contributed by atoms with Crippen molar-refractivity contribution >= 4 is 11.6 Å². The van der Waals surface area contributed by atoms with Crippen molar-refractivity contribution in [1.82, 2.24) is 10.1 Å². The normalized spacial score (nSPS) is 10.9. The van der Waals surface area contributed by atoms with Gasteiger partial charge in [0.15, 0.2) is 0 Å². The van der Waals surface area contributed by atoms with Crippen molar-refractivity contribution in [1.29, 1.82) is 0 Å². The summed E-state index contributed by atoms with van der Waals surface area (Å²) >= 11 is 5.73. The summed E-state index contributed by atoms with van der Waals surface area (Å²) in [6.07, 6.45) is 4.99. The van der Waals surface area contributed by atoms with Crippen LogP contribution in [0.4, 0.5) is 4.39 Å². The highest BCUT2D eigenvalue weighted by molar-refractivity contribution is 6.31. The fourth-order valence-electron chi connectivity index (χ4n) is 1.88. The third-order valence-corrected chi connectivity index (χ3v) is 3.28. The first kappa shape index (κ1) is 14.9. The summed E-state index contributed by atoms with van der Waals surface area (Å²) in [5.74, 6) is 0.566. The molecule has 108 valence electrons. The average molecular weight is 298 g/mol. The molecule has 2 aromatic rings. The molecular weight excluding hydrogens is 281 g/mol. The summed E-state index contributed by atoms with van der Waals surface area (Å²) in [5, 5.41) is 3.94. The van der Waals surface area contributed by atoms with Gasteiger partial charge in [-0.1, -0.05) is 29.6 Å². The molecule has 0 fully saturated rings. The van der Waals surface area contributed by atoms with Crippen molar-refractivity contribution < 1.29 is 8.91 Å². The molecule has 2 N–H and O–H groups in total. The quantitative estimate of drug-likeness (QED) is 0.793. The van der Waals surface area contributed by atoms with Crippen LogP contribution in [-0.4, -0.2) is 16.7 Å². The lowest BCUT2D eigenvalue weighted by Gasteiger charge is -1.97. The van der Waals surface area contributed by atoms with Crippen molar-refractivity contribution in [3.05, 3.63) is 34.9 Å². The third kappa shape index (κ3) is 4.02. The molecule has 0 spiro atoms. The predicted molar refractivity (Wildman–Crippen MR) is 75.9 cm³/mol. The maximum atomic E-state index is 13.1. The maximum Gasteiger partial charge on any atom is 0.226 e. The Labute approximate surface area is 122 Å². The van der Waals surface area contributed by atoms with E-state index >= 15 is 0 Å². The number of nitrogens with two attached hydrogens (primary N) is 1. The van der Waals surface area contributed by atoms with E-state index in [1.807, 2.05) is 0 Å². The van der Waals surface area contributed by atoms with E-state index in [1.165, 1.54) is 12.1 Å². The minimum absolute atomic E-state index is 0.0515. The lowest BCUT2D eigenvalue weighted by atomic mass is 10.1. The molecule has 1 aromatic heterocycles. The van der Waals surface area contributed by atoms with Gasteiger partial charge in [0.1, 0.15) is 5.82 Å². The fourth-order valence-corrected chi connectivity index (χ4v) is 2.06. The molecule has 0 aliphatic rings. The highest BCUT2D eigenvalue weighted by Gasteiger charge is 2.10. The first-order chi connectivity index (χ1) is 9.70. The van der Waals surface area contributed by atoms with Crippen molar-refractivity contribution in [2.24, 2.45) is 5.73 Å². The van der Waals surface area contributed by atoms with Gasteiger partial charge in [-0.05, 0) is 37.6 Å². The molecule has 1 aromatic carbocycles. The minimum Gasteiger partial charge on any atom is -0.339 e. The fraction of sp³-hybridized carbons (Fsp3) is 0.429. The molecule has 1 heterocycles. The number of nitrogens with zero attached hydrogens (tertiary/aromatic N) is 2. The number of benzene rings is 1. The average Bonchev–Trinajstić information content (AvgIpc) is 2.90. The Balaban J connectivity index is 1.93. The van der Waals surface area contributed by atoms with Crippen molar-refractivity contribution in [3.8, 4) is 11.4 Å². The van der Waals surface area contributed by atoms with Crippen LogP contribution >= 0.6 is 11.6 Å². The Hall–Kier alpha value is -1.46. The first-order valence-corrected chi connectivity index (χ1v) is 7.06. The van der Waals surface area contributed by atoms with E-state index in [-0.39, 0.29) is 5.02 Å². The number of rotatable bonds is 7. The van der Waals surface area contributed by atoms with Gasteiger partial charge in [-0.2, -0.15) is 4.98 Å². The van der Waals surface area contributed by atoms with Gasteiger partial charge in [0.05, 0.1) is 5.02 Å². The monoisotopic (exact) mass is 297 g/mol. The topological polar surface area (TPSA) is 64.9 Å². The Morgan fingerprint density at radius 2 is 2.00 bits per heavy atom. The van der Waals surface area contributed by atoms with E-state index in [9.17, 15) is 4.39 Å². The molecule has 0 saturated carbocycles. The summed E-state index contributed by atoms with van der Waals surface area (Å²) in [6.45, 7) is 0.732. The van der Waals surface area contributed by atoms with Gasteiger partial charge in [0.25, 0.3) is 0 Å².